The van der Waals surface area contributed by atoms with Gasteiger partial charge in [-0.15, -0.1) is 0 Å². The summed E-state index contributed by atoms with van der Waals surface area (Å²) in [4.78, 5) is 21.8. The van der Waals surface area contributed by atoms with Gasteiger partial charge in [-0.25, -0.2) is 0 Å². The molecule has 0 aromatic rings. The summed E-state index contributed by atoms with van der Waals surface area (Å²) in [6, 6.07) is 0. The van der Waals surface area contributed by atoms with Gasteiger partial charge in [0.1, 0.15) is 0 Å². The van der Waals surface area contributed by atoms with Crippen molar-refractivity contribution in [3.63, 3.8) is 0 Å². The van der Waals surface area contributed by atoms with Gasteiger partial charge < -0.3 is 30.0 Å². The van der Waals surface area contributed by atoms with Gasteiger partial charge in [-0.05, 0) is 6.42 Å². The first-order valence-corrected chi connectivity index (χ1v) is 8.52. The molecule has 0 aromatic carbocycles. The van der Waals surface area contributed by atoms with Gasteiger partial charge in [-0.2, -0.15) is 0 Å². The van der Waals surface area contributed by atoms with E-state index >= 15 is 0 Å². The molecule has 0 heterocycles. The molecular weight excluding hydrogens is 316 g/mol. The van der Waals surface area contributed by atoms with E-state index in [-0.39, 0.29) is 18.2 Å². The van der Waals surface area contributed by atoms with Crippen molar-refractivity contribution in [3.8, 4) is 0 Å². The molecule has 0 fully saturated rings. The molecule has 8 nitrogen and oxygen atoms in total. The minimum Gasteiger partial charge on any atom is -0.379 e. The van der Waals surface area contributed by atoms with Gasteiger partial charge in [-0.1, -0.05) is 13.3 Å². The molecule has 2 amide bonds. The van der Waals surface area contributed by atoms with Crippen LogP contribution in [0.5, 0.6) is 0 Å². The molecular formula is C16H32N2O6. The number of rotatable bonds is 18. The van der Waals surface area contributed by atoms with Crippen LogP contribution in [0.2, 0.25) is 0 Å². The maximum absolute atomic E-state index is 11.3. The van der Waals surface area contributed by atoms with Crippen LogP contribution in [0.1, 0.15) is 32.6 Å². The zero-order chi connectivity index (χ0) is 17.9. The standard InChI is InChI=1S/C16H32N2O6/c1-2-3-4-16(20)18-6-8-22-10-12-24-14-13-23-11-9-21-7-5-15(17)19/h2-14H2,1H3,(H2,17,19)(H,18,20). The predicted molar refractivity (Wildman–Crippen MR) is 89.6 cm³/mol. The van der Waals surface area contributed by atoms with Crippen molar-refractivity contribution in [2.45, 2.75) is 32.6 Å². The minimum atomic E-state index is -0.370. The zero-order valence-electron chi connectivity index (χ0n) is 14.7. The van der Waals surface area contributed by atoms with Crippen molar-refractivity contribution in [3.05, 3.63) is 0 Å². The van der Waals surface area contributed by atoms with Gasteiger partial charge in [0.25, 0.3) is 0 Å². The normalized spacial score (nSPS) is 10.7. The summed E-state index contributed by atoms with van der Waals surface area (Å²) < 4.78 is 21.1. The third kappa shape index (κ3) is 18.8. The van der Waals surface area contributed by atoms with Gasteiger partial charge in [-0.3, -0.25) is 9.59 Å². The number of primary amides is 1. The van der Waals surface area contributed by atoms with Crippen LogP contribution in [-0.2, 0) is 28.5 Å². The quantitative estimate of drug-likeness (QED) is 0.343. The van der Waals surface area contributed by atoms with E-state index in [1.54, 1.807) is 0 Å². The number of nitrogens with one attached hydrogen (secondary N) is 1. The van der Waals surface area contributed by atoms with Gasteiger partial charge in [0.2, 0.25) is 11.8 Å². The number of amides is 2. The highest BCUT2D eigenvalue weighted by Gasteiger charge is 1.99. The third-order valence-corrected chi connectivity index (χ3v) is 2.93. The van der Waals surface area contributed by atoms with Crippen molar-refractivity contribution in [2.75, 3.05) is 59.4 Å². The summed E-state index contributed by atoms with van der Waals surface area (Å²) in [5, 5.41) is 2.80. The molecule has 0 saturated heterocycles. The Labute approximate surface area is 144 Å². The molecule has 0 radical (unpaired) electrons. The number of carbonyl (C=O) groups excluding carboxylic acids is 2. The highest BCUT2D eigenvalue weighted by molar-refractivity contribution is 5.75. The molecule has 8 heteroatoms. The Morgan fingerprint density at radius 3 is 1.79 bits per heavy atom. The molecule has 0 aromatic heterocycles. The fourth-order valence-electron chi connectivity index (χ4n) is 1.62. The third-order valence-electron chi connectivity index (χ3n) is 2.93. The van der Waals surface area contributed by atoms with E-state index in [0.29, 0.717) is 65.8 Å². The second-order valence-electron chi connectivity index (χ2n) is 5.12. The first kappa shape index (κ1) is 22.8. The van der Waals surface area contributed by atoms with Crippen LogP contribution in [0, 0.1) is 0 Å². The van der Waals surface area contributed by atoms with E-state index < -0.39 is 0 Å². The molecule has 0 atom stereocenters. The molecule has 0 unspecified atom stereocenters. The van der Waals surface area contributed by atoms with Gasteiger partial charge >= 0.3 is 0 Å². The van der Waals surface area contributed by atoms with Crippen molar-refractivity contribution in [2.24, 2.45) is 5.73 Å². The lowest BCUT2D eigenvalue weighted by Gasteiger charge is -2.08. The number of carbonyl (C=O) groups is 2. The second-order valence-corrected chi connectivity index (χ2v) is 5.12. The molecule has 0 rings (SSSR count). The average molecular weight is 348 g/mol. The number of hydrogen-bond donors (Lipinski definition) is 2. The van der Waals surface area contributed by atoms with Crippen LogP contribution in [0.4, 0.5) is 0 Å². The molecule has 0 bridgehead atoms. The number of nitrogens with two attached hydrogens (primary N) is 1. The van der Waals surface area contributed by atoms with Crippen LogP contribution >= 0.6 is 0 Å². The smallest absolute Gasteiger partial charge is 0.220 e. The topological polar surface area (TPSA) is 109 Å². The Hall–Kier alpha value is -1.22. The zero-order valence-corrected chi connectivity index (χ0v) is 14.7. The van der Waals surface area contributed by atoms with Crippen molar-refractivity contribution in [1.29, 1.82) is 0 Å². The lowest BCUT2D eigenvalue weighted by Crippen LogP contribution is -2.27. The summed E-state index contributed by atoms with van der Waals surface area (Å²) in [7, 11) is 0. The Morgan fingerprint density at radius 1 is 0.792 bits per heavy atom. The molecule has 0 aliphatic carbocycles. The minimum absolute atomic E-state index is 0.0763. The molecule has 0 spiro atoms. The van der Waals surface area contributed by atoms with Crippen LogP contribution in [-0.4, -0.2) is 71.2 Å². The summed E-state index contributed by atoms with van der Waals surface area (Å²) in [6.07, 6.45) is 2.75. The van der Waals surface area contributed by atoms with Crippen molar-refractivity contribution >= 4 is 11.8 Å². The maximum Gasteiger partial charge on any atom is 0.220 e. The highest BCUT2D eigenvalue weighted by Crippen LogP contribution is 1.92. The van der Waals surface area contributed by atoms with E-state index in [4.69, 9.17) is 24.7 Å². The second kappa shape index (κ2) is 18.1. The largest absolute Gasteiger partial charge is 0.379 e. The summed E-state index contributed by atoms with van der Waals surface area (Å²) in [6.45, 7) is 6.22. The molecule has 0 aliphatic heterocycles. The van der Waals surface area contributed by atoms with Crippen molar-refractivity contribution < 1.29 is 28.5 Å². The van der Waals surface area contributed by atoms with E-state index in [2.05, 4.69) is 12.2 Å². The first-order chi connectivity index (χ1) is 11.7. The molecule has 0 aliphatic rings. The van der Waals surface area contributed by atoms with E-state index in [1.807, 2.05) is 0 Å². The van der Waals surface area contributed by atoms with Crippen LogP contribution in [0.25, 0.3) is 0 Å². The summed E-state index contributed by atoms with van der Waals surface area (Å²) >= 11 is 0. The van der Waals surface area contributed by atoms with E-state index in [1.165, 1.54) is 0 Å². The average Bonchev–Trinajstić information content (AvgIpc) is 2.56. The molecule has 24 heavy (non-hydrogen) atoms. The maximum atomic E-state index is 11.3. The molecule has 142 valence electrons. The Balaban J connectivity index is 3.07. The van der Waals surface area contributed by atoms with Gasteiger partial charge in [0.15, 0.2) is 0 Å². The highest BCUT2D eigenvalue weighted by atomic mass is 16.6. The van der Waals surface area contributed by atoms with Gasteiger partial charge in [0, 0.05) is 19.4 Å². The Kier molecular flexibility index (Phi) is 17.2. The Bertz CT molecular complexity index is 315. The van der Waals surface area contributed by atoms with Crippen molar-refractivity contribution in [1.82, 2.24) is 5.32 Å². The summed E-state index contributed by atoms with van der Waals surface area (Å²) in [5.74, 6) is -0.294. The van der Waals surface area contributed by atoms with Crippen LogP contribution < -0.4 is 11.1 Å². The summed E-state index contributed by atoms with van der Waals surface area (Å²) in [5.41, 5.74) is 4.97. The molecule has 0 saturated carbocycles. The van der Waals surface area contributed by atoms with E-state index in [9.17, 15) is 9.59 Å². The number of ether oxygens (including phenoxy) is 4. The molecule has 3 N–H and O–H groups in total. The SMILES string of the molecule is CCCCC(=O)NCCOCCOCCOCCOCCC(N)=O. The first-order valence-electron chi connectivity index (χ1n) is 8.52. The van der Waals surface area contributed by atoms with Crippen LogP contribution in [0.15, 0.2) is 0 Å². The monoisotopic (exact) mass is 348 g/mol. The van der Waals surface area contributed by atoms with Gasteiger partial charge in [0.05, 0.1) is 52.9 Å². The van der Waals surface area contributed by atoms with E-state index in [0.717, 1.165) is 12.8 Å². The lowest BCUT2D eigenvalue weighted by molar-refractivity contribution is -0.121. The van der Waals surface area contributed by atoms with Crippen LogP contribution in [0.3, 0.4) is 0 Å². The predicted octanol–water partition coefficient (Wildman–Crippen LogP) is 0.235. The Morgan fingerprint density at radius 2 is 1.29 bits per heavy atom. The fraction of sp³-hybridized carbons (Fsp3) is 0.875. The lowest BCUT2D eigenvalue weighted by atomic mass is 10.2. The number of hydrogen-bond acceptors (Lipinski definition) is 6. The fourth-order valence-corrected chi connectivity index (χ4v) is 1.62. The number of unbranched alkanes of at least 4 members (excludes halogenated alkanes) is 1.